The average molecular weight is 477 g/mol. The summed E-state index contributed by atoms with van der Waals surface area (Å²) < 4.78 is 4.86. The number of hydrogen-bond acceptors (Lipinski definition) is 5. The number of esters is 1. The molecule has 2 unspecified atom stereocenters. The van der Waals surface area contributed by atoms with E-state index in [4.69, 9.17) is 27.9 Å². The van der Waals surface area contributed by atoms with Crippen molar-refractivity contribution >= 4 is 40.8 Å². The van der Waals surface area contributed by atoms with E-state index in [1.165, 1.54) is 13.2 Å². The number of fused-ring (bicyclic) bond motifs is 1. The van der Waals surface area contributed by atoms with E-state index < -0.39 is 17.5 Å². The summed E-state index contributed by atoms with van der Waals surface area (Å²) in [5, 5.41) is 12.2. The fourth-order valence-corrected chi connectivity index (χ4v) is 5.51. The molecule has 0 radical (unpaired) electrons. The summed E-state index contributed by atoms with van der Waals surface area (Å²) in [5.74, 6) is -1.09. The minimum Gasteiger partial charge on any atom is -0.465 e. The molecule has 2 heterocycles. The predicted molar refractivity (Wildman–Crippen MR) is 124 cm³/mol. The Morgan fingerprint density at radius 2 is 1.97 bits per heavy atom. The van der Waals surface area contributed by atoms with Crippen molar-refractivity contribution in [1.29, 1.82) is 0 Å². The van der Waals surface area contributed by atoms with Gasteiger partial charge < -0.3 is 14.7 Å². The standard InChI is InChI=1S/C24H26Cl2N2O4/c1-3-27-11-7-6-8-16(27)14-28-20-13-15(22(29)32-2)12-19(26)21(20)24(31,23(28)30)17-9-4-5-10-18(17)25/h4-5,9-10,12-13,16,31H,3,6-8,11,14H2,1-2H3. The smallest absolute Gasteiger partial charge is 0.337 e. The molecule has 1 fully saturated rings. The van der Waals surface area contributed by atoms with Gasteiger partial charge in [-0.1, -0.05) is 54.7 Å². The molecule has 4 rings (SSSR count). The van der Waals surface area contributed by atoms with Crippen molar-refractivity contribution in [1.82, 2.24) is 4.90 Å². The maximum absolute atomic E-state index is 13.8. The Hall–Kier alpha value is -2.12. The quantitative estimate of drug-likeness (QED) is 0.653. The highest BCUT2D eigenvalue weighted by molar-refractivity contribution is 6.35. The van der Waals surface area contributed by atoms with Crippen molar-refractivity contribution in [3.05, 3.63) is 63.1 Å². The highest BCUT2D eigenvalue weighted by Gasteiger charge is 2.54. The van der Waals surface area contributed by atoms with Crippen LogP contribution in [-0.4, -0.2) is 54.7 Å². The number of amides is 1. The van der Waals surface area contributed by atoms with Gasteiger partial charge in [0.2, 0.25) is 0 Å². The number of piperidine rings is 1. The second kappa shape index (κ2) is 9.02. The van der Waals surface area contributed by atoms with Gasteiger partial charge in [0, 0.05) is 28.7 Å². The monoisotopic (exact) mass is 476 g/mol. The first-order valence-corrected chi connectivity index (χ1v) is 11.5. The Balaban J connectivity index is 1.88. The lowest BCUT2D eigenvalue weighted by molar-refractivity contribution is -0.132. The van der Waals surface area contributed by atoms with Crippen molar-refractivity contribution in [3.8, 4) is 0 Å². The number of likely N-dealkylation sites (N-methyl/N-ethyl adjacent to an activating group) is 1. The number of ether oxygens (including phenoxy) is 1. The van der Waals surface area contributed by atoms with E-state index in [1.807, 2.05) is 0 Å². The summed E-state index contributed by atoms with van der Waals surface area (Å²) in [4.78, 5) is 30.0. The number of carbonyl (C=O) groups is 2. The zero-order valence-electron chi connectivity index (χ0n) is 18.1. The van der Waals surface area contributed by atoms with Gasteiger partial charge in [-0.3, -0.25) is 9.69 Å². The van der Waals surface area contributed by atoms with Crippen LogP contribution >= 0.6 is 23.2 Å². The molecule has 6 nitrogen and oxygen atoms in total. The third kappa shape index (κ3) is 3.69. The Morgan fingerprint density at radius 3 is 2.66 bits per heavy atom. The highest BCUT2D eigenvalue weighted by atomic mass is 35.5. The summed E-state index contributed by atoms with van der Waals surface area (Å²) in [7, 11) is 1.29. The van der Waals surface area contributed by atoms with E-state index in [2.05, 4.69) is 11.8 Å². The Morgan fingerprint density at radius 1 is 1.22 bits per heavy atom. The Kier molecular flexibility index (Phi) is 6.50. The number of likely N-dealkylation sites (tertiary alicyclic amines) is 1. The van der Waals surface area contributed by atoms with E-state index in [-0.39, 0.29) is 32.8 Å². The lowest BCUT2D eigenvalue weighted by atomic mass is 9.87. The molecule has 0 spiro atoms. The number of rotatable bonds is 5. The third-order valence-corrected chi connectivity index (χ3v) is 7.14. The van der Waals surface area contributed by atoms with Crippen LogP contribution in [0.3, 0.4) is 0 Å². The molecule has 2 aliphatic rings. The van der Waals surface area contributed by atoms with Gasteiger partial charge in [0.1, 0.15) is 0 Å². The number of nitrogens with zero attached hydrogens (tertiary/aromatic N) is 2. The van der Waals surface area contributed by atoms with Crippen LogP contribution in [0.15, 0.2) is 36.4 Å². The van der Waals surface area contributed by atoms with Crippen LogP contribution in [0.2, 0.25) is 10.0 Å². The Bertz CT molecular complexity index is 1060. The molecule has 2 aromatic carbocycles. The zero-order chi connectivity index (χ0) is 23.0. The second-order valence-electron chi connectivity index (χ2n) is 8.23. The third-order valence-electron chi connectivity index (χ3n) is 6.51. The molecule has 0 aliphatic carbocycles. The number of aliphatic hydroxyl groups is 1. The molecule has 2 aliphatic heterocycles. The topological polar surface area (TPSA) is 70.1 Å². The van der Waals surface area contributed by atoms with Crippen LogP contribution in [0.5, 0.6) is 0 Å². The van der Waals surface area contributed by atoms with Crippen molar-refractivity contribution in [3.63, 3.8) is 0 Å². The molecule has 170 valence electrons. The molecule has 0 saturated carbocycles. The van der Waals surface area contributed by atoms with E-state index in [0.29, 0.717) is 12.2 Å². The Labute approximate surface area is 197 Å². The van der Waals surface area contributed by atoms with Crippen LogP contribution in [-0.2, 0) is 15.1 Å². The number of benzene rings is 2. The van der Waals surface area contributed by atoms with Gasteiger partial charge in [0.05, 0.1) is 23.4 Å². The first kappa shape index (κ1) is 23.1. The number of halogens is 2. The lowest BCUT2D eigenvalue weighted by Gasteiger charge is -2.37. The molecular formula is C24H26Cl2N2O4. The number of anilines is 1. The second-order valence-corrected chi connectivity index (χ2v) is 9.04. The van der Waals surface area contributed by atoms with Gasteiger partial charge in [-0.15, -0.1) is 0 Å². The maximum Gasteiger partial charge on any atom is 0.337 e. The van der Waals surface area contributed by atoms with Crippen LogP contribution in [0.4, 0.5) is 5.69 Å². The summed E-state index contributed by atoms with van der Waals surface area (Å²) >= 11 is 13.0. The van der Waals surface area contributed by atoms with Gasteiger partial charge in [0.25, 0.3) is 5.91 Å². The van der Waals surface area contributed by atoms with Gasteiger partial charge >= 0.3 is 5.97 Å². The molecule has 1 saturated heterocycles. The molecular weight excluding hydrogens is 451 g/mol. The van der Waals surface area contributed by atoms with Crippen LogP contribution in [0.25, 0.3) is 0 Å². The van der Waals surface area contributed by atoms with Crippen molar-refractivity contribution < 1.29 is 19.4 Å². The lowest BCUT2D eigenvalue weighted by Crippen LogP contribution is -2.50. The number of hydrogen-bond donors (Lipinski definition) is 1. The number of carbonyl (C=O) groups excluding carboxylic acids is 2. The summed E-state index contributed by atoms with van der Waals surface area (Å²) in [6, 6.07) is 9.82. The molecule has 32 heavy (non-hydrogen) atoms. The number of methoxy groups -OCH3 is 1. The van der Waals surface area contributed by atoms with Crippen LogP contribution in [0, 0.1) is 0 Å². The molecule has 1 amide bonds. The summed E-state index contributed by atoms with van der Waals surface area (Å²) in [6.07, 6.45) is 3.15. The molecule has 8 heteroatoms. The highest BCUT2D eigenvalue weighted by Crippen LogP contribution is 2.50. The van der Waals surface area contributed by atoms with Crippen molar-refractivity contribution in [2.75, 3.05) is 31.6 Å². The van der Waals surface area contributed by atoms with Crippen LogP contribution in [0.1, 0.15) is 47.7 Å². The fourth-order valence-electron chi connectivity index (χ4n) is 4.89. The summed E-state index contributed by atoms with van der Waals surface area (Å²) in [5.41, 5.74) is -0.922. The predicted octanol–water partition coefficient (Wildman–Crippen LogP) is 4.24. The van der Waals surface area contributed by atoms with E-state index in [9.17, 15) is 14.7 Å². The van der Waals surface area contributed by atoms with Gasteiger partial charge in [-0.05, 0) is 44.1 Å². The van der Waals surface area contributed by atoms with Gasteiger partial charge in [0.15, 0.2) is 5.60 Å². The largest absolute Gasteiger partial charge is 0.465 e. The van der Waals surface area contributed by atoms with E-state index in [1.54, 1.807) is 35.2 Å². The molecule has 2 aromatic rings. The minimum atomic E-state index is -2.05. The maximum atomic E-state index is 13.8. The van der Waals surface area contributed by atoms with Crippen molar-refractivity contribution in [2.45, 2.75) is 37.8 Å². The minimum absolute atomic E-state index is 0.108. The summed E-state index contributed by atoms with van der Waals surface area (Å²) in [6.45, 7) is 4.32. The first-order chi connectivity index (χ1) is 15.3. The van der Waals surface area contributed by atoms with Gasteiger partial charge in [-0.2, -0.15) is 0 Å². The normalized spacial score (nSPS) is 23.3. The average Bonchev–Trinajstić information content (AvgIpc) is 3.01. The SMILES string of the molecule is CCN1CCCCC1CN1C(=O)C(O)(c2ccccc2Cl)c2c(Cl)cc(C(=O)OC)cc21. The van der Waals surface area contributed by atoms with Crippen LogP contribution < -0.4 is 4.90 Å². The first-order valence-electron chi connectivity index (χ1n) is 10.8. The molecule has 0 bridgehead atoms. The van der Waals surface area contributed by atoms with Crippen molar-refractivity contribution in [2.24, 2.45) is 0 Å². The zero-order valence-corrected chi connectivity index (χ0v) is 19.6. The van der Waals surface area contributed by atoms with Gasteiger partial charge in [-0.25, -0.2) is 4.79 Å². The molecule has 1 N–H and O–H groups in total. The van der Waals surface area contributed by atoms with E-state index in [0.717, 1.165) is 32.4 Å². The fraction of sp³-hybridized carbons (Fsp3) is 0.417. The molecule has 2 atom stereocenters. The van der Waals surface area contributed by atoms with E-state index >= 15 is 0 Å². The molecule has 0 aromatic heterocycles.